The van der Waals surface area contributed by atoms with Gasteiger partial charge in [0.2, 0.25) is 5.62 Å². The molecule has 10 nitrogen and oxygen atoms in total. The van der Waals surface area contributed by atoms with Crippen molar-refractivity contribution in [3.63, 3.8) is 0 Å². The van der Waals surface area contributed by atoms with Gasteiger partial charge in [-0.3, -0.25) is 4.57 Å². The predicted octanol–water partition coefficient (Wildman–Crippen LogP) is 3.22. The Labute approximate surface area is 233 Å². The van der Waals surface area contributed by atoms with Gasteiger partial charge in [-0.25, -0.2) is 28.3 Å². The summed E-state index contributed by atoms with van der Waals surface area (Å²) >= 11 is 6.02. The average Bonchev–Trinajstić information content (AvgIpc) is 2.93. The summed E-state index contributed by atoms with van der Waals surface area (Å²) in [6.07, 6.45) is -0.242. The molecule has 0 radical (unpaired) electrons. The van der Waals surface area contributed by atoms with Gasteiger partial charge in [-0.2, -0.15) is 4.68 Å². The zero-order valence-corrected chi connectivity index (χ0v) is 22.8. The van der Waals surface area contributed by atoms with Crippen molar-refractivity contribution in [1.29, 1.82) is 0 Å². The minimum Gasteiger partial charge on any atom is -0.488 e. The van der Waals surface area contributed by atoms with Gasteiger partial charge < -0.3 is 15.3 Å². The molecule has 3 aromatic carbocycles. The van der Waals surface area contributed by atoms with E-state index in [9.17, 15) is 18.8 Å². The number of carbonyl (C=O) groups is 1. The number of aromatic nitrogens is 3. The summed E-state index contributed by atoms with van der Waals surface area (Å²) in [4.78, 5) is 43.4. The predicted molar refractivity (Wildman–Crippen MR) is 148 cm³/mol. The highest BCUT2D eigenvalue weighted by Gasteiger charge is 2.16. The summed E-state index contributed by atoms with van der Waals surface area (Å²) in [6.45, 7) is 3.33. The van der Waals surface area contributed by atoms with E-state index < -0.39 is 23.2 Å². The highest BCUT2D eigenvalue weighted by atomic mass is 35.5. The van der Waals surface area contributed by atoms with Crippen molar-refractivity contribution >= 4 is 23.3 Å². The van der Waals surface area contributed by atoms with Crippen molar-refractivity contribution in [3.05, 3.63) is 121 Å². The summed E-state index contributed by atoms with van der Waals surface area (Å²) in [6, 6.07) is 17.1. The van der Waals surface area contributed by atoms with Crippen LogP contribution in [-0.4, -0.2) is 33.0 Å². The lowest BCUT2D eigenvalue weighted by molar-refractivity contribution is 0.0600. The normalized spacial score (nSPS) is 11.6. The number of benzene rings is 3. The Morgan fingerprint density at radius 3 is 2.33 bits per heavy atom. The number of methoxy groups -OCH3 is 1. The van der Waals surface area contributed by atoms with E-state index in [0.717, 1.165) is 15.3 Å². The Balaban J connectivity index is 1.88. The lowest BCUT2D eigenvalue weighted by Gasteiger charge is -2.15. The first-order valence-corrected chi connectivity index (χ1v) is 12.6. The van der Waals surface area contributed by atoms with Crippen LogP contribution in [0.25, 0.3) is 0 Å². The second kappa shape index (κ2) is 12.0. The van der Waals surface area contributed by atoms with E-state index in [1.165, 1.54) is 29.9 Å². The quantitative estimate of drug-likeness (QED) is 0.258. The lowest BCUT2D eigenvalue weighted by atomic mass is 10.1. The SMILES string of the molecule is COC(=O)c1cccc(Cn2c(=O)n(N)/c(=N\c3ccc(OC(C)C)c(F)c3)n(Cc3ccc(Cl)cc3)c2=O)c1. The summed E-state index contributed by atoms with van der Waals surface area (Å²) in [5.74, 6) is 5.00. The largest absolute Gasteiger partial charge is 0.488 e. The van der Waals surface area contributed by atoms with Crippen molar-refractivity contribution in [2.75, 3.05) is 13.0 Å². The summed E-state index contributed by atoms with van der Waals surface area (Å²) in [5, 5.41) is 0.504. The van der Waals surface area contributed by atoms with Gasteiger partial charge in [0, 0.05) is 11.1 Å². The number of esters is 1. The zero-order valence-electron chi connectivity index (χ0n) is 22.0. The summed E-state index contributed by atoms with van der Waals surface area (Å²) in [7, 11) is 1.26. The van der Waals surface area contributed by atoms with Gasteiger partial charge in [0.1, 0.15) is 0 Å². The number of nitrogen functional groups attached to an aromatic ring is 1. The molecular formula is C28H27ClFN5O5. The minimum absolute atomic E-state index is 0.0223. The van der Waals surface area contributed by atoms with Crippen LogP contribution in [0.4, 0.5) is 10.1 Å². The molecule has 0 aliphatic carbocycles. The third-order valence-corrected chi connectivity index (χ3v) is 6.06. The highest BCUT2D eigenvalue weighted by molar-refractivity contribution is 6.30. The minimum atomic E-state index is -0.861. The van der Waals surface area contributed by atoms with Crippen molar-refractivity contribution in [2.24, 2.45) is 4.99 Å². The van der Waals surface area contributed by atoms with Crippen molar-refractivity contribution in [1.82, 2.24) is 13.8 Å². The molecule has 0 saturated heterocycles. The van der Waals surface area contributed by atoms with Crippen LogP contribution in [0, 0.1) is 5.82 Å². The fourth-order valence-corrected chi connectivity index (χ4v) is 4.07. The molecule has 0 fully saturated rings. The molecular weight excluding hydrogens is 541 g/mol. The average molecular weight is 568 g/mol. The molecule has 0 unspecified atom stereocenters. The molecule has 0 aliphatic heterocycles. The number of carbonyl (C=O) groups excluding carboxylic acids is 1. The van der Waals surface area contributed by atoms with Crippen LogP contribution in [0.5, 0.6) is 5.75 Å². The number of nitrogens with two attached hydrogens (primary N) is 1. The molecule has 0 amide bonds. The van der Waals surface area contributed by atoms with E-state index in [1.54, 1.807) is 56.3 Å². The van der Waals surface area contributed by atoms with Crippen molar-refractivity contribution in [3.8, 4) is 5.75 Å². The first-order chi connectivity index (χ1) is 19.1. The first kappa shape index (κ1) is 28.4. The Morgan fingerprint density at radius 1 is 0.975 bits per heavy atom. The van der Waals surface area contributed by atoms with E-state index >= 15 is 0 Å². The van der Waals surface area contributed by atoms with Crippen molar-refractivity contribution < 1.29 is 18.7 Å². The lowest BCUT2D eigenvalue weighted by Crippen LogP contribution is -2.57. The topological polar surface area (TPSA) is 123 Å². The van der Waals surface area contributed by atoms with Gasteiger partial charge in [0.05, 0.1) is 37.6 Å². The monoisotopic (exact) mass is 567 g/mol. The van der Waals surface area contributed by atoms with E-state index in [2.05, 4.69) is 4.99 Å². The maximum absolute atomic E-state index is 14.7. The van der Waals surface area contributed by atoms with Crippen LogP contribution in [0.15, 0.2) is 81.3 Å². The van der Waals surface area contributed by atoms with E-state index in [1.807, 2.05) is 0 Å². The molecule has 1 aromatic heterocycles. The standard InChI is InChI=1S/C28H27ClFN5O5/c1-17(2)40-24-12-11-22(14-23(24)30)32-26-33(15-18-7-9-21(29)10-8-18)27(37)34(28(38)35(26)31)16-19-5-4-6-20(13-19)25(36)39-3/h4-14,17H,15-16,31H2,1-3H3/b32-26-. The maximum atomic E-state index is 14.7. The highest BCUT2D eigenvalue weighted by Crippen LogP contribution is 2.23. The molecule has 4 rings (SSSR count). The molecule has 4 aromatic rings. The van der Waals surface area contributed by atoms with Gasteiger partial charge >= 0.3 is 17.3 Å². The van der Waals surface area contributed by atoms with Crippen LogP contribution in [0.3, 0.4) is 0 Å². The molecule has 0 atom stereocenters. The zero-order chi connectivity index (χ0) is 29.0. The molecule has 12 heteroatoms. The molecule has 0 spiro atoms. The molecule has 1 heterocycles. The second-order valence-corrected chi connectivity index (χ2v) is 9.56. The maximum Gasteiger partial charge on any atom is 0.354 e. The van der Waals surface area contributed by atoms with Crippen LogP contribution in [0.1, 0.15) is 35.3 Å². The van der Waals surface area contributed by atoms with Crippen LogP contribution >= 0.6 is 11.6 Å². The molecule has 208 valence electrons. The Bertz CT molecular complexity index is 1740. The summed E-state index contributed by atoms with van der Waals surface area (Å²) in [5.41, 5.74) is -0.251. The third kappa shape index (κ3) is 6.32. The van der Waals surface area contributed by atoms with Gasteiger partial charge in [-0.1, -0.05) is 35.9 Å². The van der Waals surface area contributed by atoms with Gasteiger partial charge in [-0.15, -0.1) is 0 Å². The smallest absolute Gasteiger partial charge is 0.354 e. The fourth-order valence-electron chi connectivity index (χ4n) is 3.94. The first-order valence-electron chi connectivity index (χ1n) is 12.2. The van der Waals surface area contributed by atoms with Gasteiger partial charge in [0.15, 0.2) is 11.6 Å². The van der Waals surface area contributed by atoms with Crippen LogP contribution in [0.2, 0.25) is 5.02 Å². The molecule has 40 heavy (non-hydrogen) atoms. The number of nitrogens with zero attached hydrogens (tertiary/aromatic N) is 4. The second-order valence-electron chi connectivity index (χ2n) is 9.12. The number of halogens is 2. The van der Waals surface area contributed by atoms with E-state index in [4.69, 9.17) is 26.9 Å². The summed E-state index contributed by atoms with van der Waals surface area (Å²) < 4.78 is 27.7. The number of ether oxygens (including phenoxy) is 2. The van der Waals surface area contributed by atoms with Crippen LogP contribution < -0.4 is 27.6 Å². The van der Waals surface area contributed by atoms with Gasteiger partial charge in [0.25, 0.3) is 0 Å². The Kier molecular flexibility index (Phi) is 8.54. The fraction of sp³-hybridized carbons (Fsp3) is 0.214. The van der Waals surface area contributed by atoms with E-state index in [0.29, 0.717) is 16.1 Å². The molecule has 0 aliphatic rings. The van der Waals surface area contributed by atoms with Gasteiger partial charge in [-0.05, 0) is 61.4 Å². The molecule has 0 bridgehead atoms. The molecule has 2 N–H and O–H groups in total. The number of hydrogen-bond acceptors (Lipinski definition) is 7. The van der Waals surface area contributed by atoms with E-state index in [-0.39, 0.29) is 41.8 Å². The van der Waals surface area contributed by atoms with Crippen molar-refractivity contribution in [2.45, 2.75) is 33.0 Å². The Morgan fingerprint density at radius 2 is 1.68 bits per heavy atom. The van der Waals surface area contributed by atoms with Crippen LogP contribution in [-0.2, 0) is 17.8 Å². The Hall–Kier alpha value is -4.64. The number of rotatable bonds is 8. The third-order valence-electron chi connectivity index (χ3n) is 5.81. The number of hydrogen-bond donors (Lipinski definition) is 1. The molecule has 0 saturated carbocycles.